The van der Waals surface area contributed by atoms with Crippen molar-refractivity contribution in [1.82, 2.24) is 10.6 Å². The van der Waals surface area contributed by atoms with Crippen LogP contribution in [0.3, 0.4) is 0 Å². The molecule has 2 saturated heterocycles. The summed E-state index contributed by atoms with van der Waals surface area (Å²) in [4.78, 5) is 11.0. The van der Waals surface area contributed by atoms with Crippen molar-refractivity contribution in [3.05, 3.63) is 0 Å². The normalized spacial score (nSPS) is 39.1. The Morgan fingerprint density at radius 2 is 2.42 bits per heavy atom. The van der Waals surface area contributed by atoms with Crippen molar-refractivity contribution >= 4 is 40.4 Å². The summed E-state index contributed by atoms with van der Waals surface area (Å²) in [5.74, 6) is 1.07. The van der Waals surface area contributed by atoms with Gasteiger partial charge in [-0.3, -0.25) is 0 Å². The highest BCUT2D eigenvalue weighted by molar-refractivity contribution is 14.1. The van der Waals surface area contributed by atoms with E-state index in [2.05, 4.69) is 33.2 Å². The standard InChI is InChI=1S/C7H11IN2OS/c8-2-1-5-6-4(3-12-5)9-7(11)10-6/h4-6H,1-3H2,(H2,9,10,11). The maximum atomic E-state index is 11.0. The van der Waals surface area contributed by atoms with Gasteiger partial charge in [-0.2, -0.15) is 11.8 Å². The van der Waals surface area contributed by atoms with Crippen LogP contribution in [0.5, 0.6) is 0 Å². The van der Waals surface area contributed by atoms with Gasteiger partial charge in [0, 0.05) is 15.4 Å². The van der Waals surface area contributed by atoms with Gasteiger partial charge in [-0.05, 0) is 6.42 Å². The molecule has 0 aromatic heterocycles. The lowest BCUT2D eigenvalue weighted by atomic mass is 10.1. The predicted octanol–water partition coefficient (Wildman–Crippen LogP) is 0.977. The van der Waals surface area contributed by atoms with E-state index in [1.165, 1.54) is 10.8 Å². The van der Waals surface area contributed by atoms with Gasteiger partial charge < -0.3 is 10.6 Å². The fourth-order valence-corrected chi connectivity index (χ4v) is 4.34. The van der Waals surface area contributed by atoms with E-state index in [1.807, 2.05) is 11.8 Å². The average molecular weight is 298 g/mol. The smallest absolute Gasteiger partial charge is 0.315 e. The van der Waals surface area contributed by atoms with Gasteiger partial charge in [0.05, 0.1) is 12.1 Å². The Labute approximate surface area is 89.6 Å². The Kier molecular flexibility index (Phi) is 2.69. The van der Waals surface area contributed by atoms with Crippen molar-refractivity contribution in [2.75, 3.05) is 10.2 Å². The molecule has 0 aromatic rings. The molecule has 0 radical (unpaired) electrons. The zero-order chi connectivity index (χ0) is 8.55. The molecule has 5 heteroatoms. The minimum Gasteiger partial charge on any atom is -0.332 e. The SMILES string of the molecule is O=C1NC2CSC(CCI)C2N1. The van der Waals surface area contributed by atoms with Crippen LogP contribution in [0.25, 0.3) is 0 Å². The Hall–Kier alpha value is 0.350. The van der Waals surface area contributed by atoms with Crippen molar-refractivity contribution in [2.24, 2.45) is 0 Å². The van der Waals surface area contributed by atoms with Crippen LogP contribution >= 0.6 is 34.4 Å². The van der Waals surface area contributed by atoms with Crippen LogP contribution in [0.1, 0.15) is 6.42 Å². The summed E-state index contributed by atoms with van der Waals surface area (Å²) in [6, 6.07) is 0.788. The minimum absolute atomic E-state index is 0.0174. The summed E-state index contributed by atoms with van der Waals surface area (Å²) in [6.07, 6.45) is 1.20. The molecule has 2 aliphatic heterocycles. The Bertz CT molecular complexity index is 200. The summed E-state index contributed by atoms with van der Waals surface area (Å²) in [6.45, 7) is 0. The number of amides is 2. The van der Waals surface area contributed by atoms with Crippen LogP contribution in [0.15, 0.2) is 0 Å². The first-order valence-electron chi connectivity index (χ1n) is 4.06. The number of hydrogen-bond donors (Lipinski definition) is 2. The topological polar surface area (TPSA) is 41.1 Å². The second-order valence-corrected chi connectivity index (χ2v) is 5.45. The third-order valence-electron chi connectivity index (χ3n) is 2.33. The molecule has 2 rings (SSSR count). The highest BCUT2D eigenvalue weighted by Crippen LogP contribution is 2.32. The molecule has 0 aliphatic carbocycles. The van der Waals surface area contributed by atoms with Gasteiger partial charge in [-0.25, -0.2) is 4.79 Å². The molecule has 2 N–H and O–H groups in total. The lowest BCUT2D eigenvalue weighted by Gasteiger charge is -2.14. The van der Waals surface area contributed by atoms with Gasteiger partial charge in [-0.1, -0.05) is 22.6 Å². The fraction of sp³-hybridized carbons (Fsp3) is 0.857. The summed E-state index contributed by atoms with van der Waals surface area (Å²) in [5, 5.41) is 6.54. The first kappa shape index (κ1) is 8.93. The minimum atomic E-state index is 0.0174. The molecule has 68 valence electrons. The number of fused-ring (bicyclic) bond motifs is 1. The van der Waals surface area contributed by atoms with Crippen LogP contribution < -0.4 is 10.6 Å². The third-order valence-corrected chi connectivity index (χ3v) is 4.46. The number of halogens is 1. The molecule has 3 atom stereocenters. The molecule has 3 nitrogen and oxygen atoms in total. The molecule has 0 bridgehead atoms. The van der Waals surface area contributed by atoms with E-state index in [1.54, 1.807) is 0 Å². The fourth-order valence-electron chi connectivity index (χ4n) is 1.75. The van der Waals surface area contributed by atoms with Gasteiger partial charge >= 0.3 is 6.03 Å². The number of carbonyl (C=O) groups is 1. The third kappa shape index (κ3) is 1.53. The number of hydrogen-bond acceptors (Lipinski definition) is 2. The first-order chi connectivity index (χ1) is 5.81. The largest absolute Gasteiger partial charge is 0.332 e. The molecular formula is C7H11IN2OS. The number of nitrogens with one attached hydrogen (secondary N) is 2. The number of urea groups is 1. The second-order valence-electron chi connectivity index (χ2n) is 3.10. The summed E-state index contributed by atoms with van der Waals surface area (Å²) in [5.41, 5.74) is 0. The van der Waals surface area contributed by atoms with E-state index in [0.717, 1.165) is 5.75 Å². The summed E-state index contributed by atoms with van der Waals surface area (Å²) in [7, 11) is 0. The average Bonchev–Trinajstić information content (AvgIpc) is 2.52. The summed E-state index contributed by atoms with van der Waals surface area (Å²) < 4.78 is 1.18. The predicted molar refractivity (Wildman–Crippen MR) is 59.0 cm³/mol. The molecule has 3 unspecified atom stereocenters. The Balaban J connectivity index is 1.98. The molecule has 0 spiro atoms. The van der Waals surface area contributed by atoms with Crippen LogP contribution in [-0.4, -0.2) is 33.5 Å². The molecule has 12 heavy (non-hydrogen) atoms. The van der Waals surface area contributed by atoms with Gasteiger partial charge in [0.25, 0.3) is 0 Å². The lowest BCUT2D eigenvalue weighted by Crippen LogP contribution is -2.36. The van der Waals surface area contributed by atoms with Crippen molar-refractivity contribution in [1.29, 1.82) is 0 Å². The van der Waals surface area contributed by atoms with Crippen molar-refractivity contribution in [3.63, 3.8) is 0 Å². The van der Waals surface area contributed by atoms with Crippen LogP contribution in [0, 0.1) is 0 Å². The molecule has 0 saturated carbocycles. The van der Waals surface area contributed by atoms with E-state index >= 15 is 0 Å². The lowest BCUT2D eigenvalue weighted by molar-refractivity contribution is 0.247. The summed E-state index contributed by atoms with van der Waals surface area (Å²) >= 11 is 4.37. The number of carbonyl (C=O) groups excluding carboxylic acids is 1. The highest BCUT2D eigenvalue weighted by Gasteiger charge is 2.42. The molecule has 2 aliphatic rings. The number of rotatable bonds is 2. The van der Waals surface area contributed by atoms with Crippen molar-refractivity contribution in [3.8, 4) is 0 Å². The Morgan fingerprint density at radius 3 is 3.17 bits per heavy atom. The van der Waals surface area contributed by atoms with Gasteiger partial charge in [0.2, 0.25) is 0 Å². The molecule has 2 heterocycles. The monoisotopic (exact) mass is 298 g/mol. The van der Waals surface area contributed by atoms with Crippen LogP contribution in [-0.2, 0) is 0 Å². The molecule has 2 amide bonds. The number of thioether (sulfide) groups is 1. The molecular weight excluding hydrogens is 287 g/mol. The first-order valence-corrected chi connectivity index (χ1v) is 6.63. The zero-order valence-electron chi connectivity index (χ0n) is 6.55. The molecule has 0 aromatic carbocycles. The van der Waals surface area contributed by atoms with E-state index in [0.29, 0.717) is 17.3 Å². The van der Waals surface area contributed by atoms with Crippen molar-refractivity contribution < 1.29 is 4.79 Å². The Morgan fingerprint density at radius 1 is 1.58 bits per heavy atom. The quantitative estimate of drug-likeness (QED) is 0.453. The second kappa shape index (κ2) is 3.61. The zero-order valence-corrected chi connectivity index (χ0v) is 9.52. The van der Waals surface area contributed by atoms with E-state index in [4.69, 9.17) is 0 Å². The van der Waals surface area contributed by atoms with Gasteiger partial charge in [0.15, 0.2) is 0 Å². The number of alkyl halides is 1. The maximum absolute atomic E-state index is 11.0. The van der Waals surface area contributed by atoms with E-state index in [-0.39, 0.29) is 6.03 Å². The van der Waals surface area contributed by atoms with Gasteiger partial charge in [0.1, 0.15) is 0 Å². The molecule has 2 fully saturated rings. The van der Waals surface area contributed by atoms with Gasteiger partial charge in [-0.15, -0.1) is 0 Å². The van der Waals surface area contributed by atoms with Crippen LogP contribution in [0.4, 0.5) is 4.79 Å². The maximum Gasteiger partial charge on any atom is 0.315 e. The van der Waals surface area contributed by atoms with E-state index < -0.39 is 0 Å². The van der Waals surface area contributed by atoms with E-state index in [9.17, 15) is 4.79 Å². The highest BCUT2D eigenvalue weighted by atomic mass is 127. The van der Waals surface area contributed by atoms with Crippen molar-refractivity contribution in [2.45, 2.75) is 23.8 Å². The van der Waals surface area contributed by atoms with Crippen LogP contribution in [0.2, 0.25) is 0 Å².